The van der Waals surface area contributed by atoms with Crippen molar-refractivity contribution in [2.45, 2.75) is 12.5 Å². The fraction of sp³-hybridized carbons (Fsp3) is 0.133. The zero-order valence-corrected chi connectivity index (χ0v) is 16.2. The van der Waals surface area contributed by atoms with Gasteiger partial charge in [0.25, 0.3) is 0 Å². The van der Waals surface area contributed by atoms with Gasteiger partial charge in [0.1, 0.15) is 11.8 Å². The first-order valence-electron chi connectivity index (χ1n) is 6.51. The average molecular weight is 561 g/mol. The number of carbonyl (C=O) groups is 1. The smallest absolute Gasteiger partial charge is 0.320 e. The molecule has 0 fully saturated rings. The van der Waals surface area contributed by atoms with Gasteiger partial charge in [-0.1, -0.05) is 0 Å². The molecule has 1 unspecified atom stereocenters. The molecule has 0 heterocycles. The molecule has 2 aromatic rings. The second-order valence-corrected chi connectivity index (χ2v) is 7.20. The molecule has 5 nitrogen and oxygen atoms in total. The van der Waals surface area contributed by atoms with Crippen molar-refractivity contribution in [3.8, 4) is 17.2 Å². The molecule has 0 bridgehead atoms. The maximum absolute atomic E-state index is 13.4. The number of ether oxygens (including phenoxy) is 1. The van der Waals surface area contributed by atoms with E-state index in [4.69, 9.17) is 20.7 Å². The molecule has 0 aromatic heterocycles. The summed E-state index contributed by atoms with van der Waals surface area (Å²) in [4.78, 5) is 10.8. The van der Waals surface area contributed by atoms with E-state index in [1.807, 2.05) is 45.2 Å². The molecule has 0 saturated carbocycles. The Morgan fingerprint density at radius 1 is 1.17 bits per heavy atom. The number of rotatable bonds is 5. The number of hydrogen-bond donors (Lipinski definition) is 3. The van der Waals surface area contributed by atoms with Crippen molar-refractivity contribution in [3.05, 3.63) is 48.6 Å². The summed E-state index contributed by atoms with van der Waals surface area (Å²) in [6.07, 6.45) is 0.143. The van der Waals surface area contributed by atoms with E-state index < -0.39 is 29.4 Å². The zero-order chi connectivity index (χ0) is 18.0. The van der Waals surface area contributed by atoms with Gasteiger partial charge in [0, 0.05) is 12.1 Å². The number of carboxylic acid groups (broad SMARTS) is 1. The number of aromatic hydroxyl groups is 1. The lowest BCUT2D eigenvalue weighted by Crippen LogP contribution is -2.32. The molecular formula is C15H11F2I2NO4. The number of phenols is 1. The maximum Gasteiger partial charge on any atom is 0.320 e. The third kappa shape index (κ3) is 4.45. The van der Waals surface area contributed by atoms with Crippen LogP contribution in [0.3, 0.4) is 0 Å². The number of halogens is 4. The van der Waals surface area contributed by atoms with Crippen molar-refractivity contribution >= 4 is 51.2 Å². The molecule has 0 aliphatic rings. The minimum atomic E-state index is -1.13. The van der Waals surface area contributed by atoms with Crippen LogP contribution in [0.25, 0.3) is 0 Å². The summed E-state index contributed by atoms with van der Waals surface area (Å²) in [7, 11) is 0. The highest BCUT2D eigenvalue weighted by atomic mass is 127. The molecule has 24 heavy (non-hydrogen) atoms. The van der Waals surface area contributed by atoms with E-state index in [2.05, 4.69) is 0 Å². The normalized spacial score (nSPS) is 12.0. The van der Waals surface area contributed by atoms with E-state index in [1.54, 1.807) is 12.1 Å². The van der Waals surface area contributed by atoms with Gasteiger partial charge in [-0.05, 0) is 69.3 Å². The number of hydrogen-bond acceptors (Lipinski definition) is 4. The standard InChI is InChI=1S/C15H11F2I2NO4/c16-8-4-7(5-9(17)13(8)21)24-14-10(18)1-6(2-11(14)19)3-12(20)15(22)23/h1-2,4-5,12,21H,3,20H2,(H,22,23). The summed E-state index contributed by atoms with van der Waals surface area (Å²) in [5, 5.41) is 18.0. The van der Waals surface area contributed by atoms with Gasteiger partial charge in [0.05, 0.1) is 7.14 Å². The van der Waals surface area contributed by atoms with Crippen LogP contribution in [0.1, 0.15) is 5.56 Å². The van der Waals surface area contributed by atoms with Gasteiger partial charge >= 0.3 is 5.97 Å². The Morgan fingerprint density at radius 3 is 2.12 bits per heavy atom. The van der Waals surface area contributed by atoms with Crippen molar-refractivity contribution in [3.63, 3.8) is 0 Å². The van der Waals surface area contributed by atoms with Crippen LogP contribution in [0.5, 0.6) is 17.2 Å². The number of nitrogens with two attached hydrogens (primary N) is 1. The fourth-order valence-corrected chi connectivity index (χ4v) is 4.01. The summed E-state index contributed by atoms with van der Waals surface area (Å²) in [5.74, 6) is -4.15. The summed E-state index contributed by atoms with van der Waals surface area (Å²) >= 11 is 3.94. The van der Waals surface area contributed by atoms with Crippen LogP contribution in [0, 0.1) is 18.8 Å². The minimum absolute atomic E-state index is 0.103. The lowest BCUT2D eigenvalue weighted by molar-refractivity contribution is -0.138. The number of aliphatic carboxylic acids is 1. The first kappa shape index (κ1) is 19.1. The quantitative estimate of drug-likeness (QED) is 0.486. The van der Waals surface area contributed by atoms with E-state index >= 15 is 0 Å². The zero-order valence-electron chi connectivity index (χ0n) is 11.9. The highest BCUT2D eigenvalue weighted by Crippen LogP contribution is 2.35. The van der Waals surface area contributed by atoms with Crippen molar-refractivity contribution in [2.75, 3.05) is 0 Å². The van der Waals surface area contributed by atoms with E-state index in [9.17, 15) is 13.6 Å². The van der Waals surface area contributed by atoms with Crippen LogP contribution in [0.4, 0.5) is 8.78 Å². The van der Waals surface area contributed by atoms with Crippen LogP contribution in [-0.2, 0) is 11.2 Å². The Morgan fingerprint density at radius 2 is 1.67 bits per heavy atom. The average Bonchev–Trinajstić information content (AvgIpc) is 2.48. The molecule has 4 N–H and O–H groups in total. The number of carboxylic acids is 1. The van der Waals surface area contributed by atoms with Gasteiger partial charge in [-0.2, -0.15) is 0 Å². The van der Waals surface area contributed by atoms with Crippen LogP contribution in [0.2, 0.25) is 0 Å². The van der Waals surface area contributed by atoms with E-state index in [1.165, 1.54) is 0 Å². The molecule has 0 amide bonds. The Labute approximate surface area is 163 Å². The fourth-order valence-electron chi connectivity index (χ4n) is 1.89. The molecule has 2 rings (SSSR count). The van der Waals surface area contributed by atoms with Gasteiger partial charge in [0.2, 0.25) is 0 Å². The Hall–Kier alpha value is -1.21. The number of phenolic OH excluding ortho intramolecular Hbond substituents is 1. The lowest BCUT2D eigenvalue weighted by Gasteiger charge is -2.14. The SMILES string of the molecule is NC(Cc1cc(I)c(Oc2cc(F)c(O)c(F)c2)c(I)c1)C(=O)O. The predicted octanol–water partition coefficient (Wildman–Crippen LogP) is 3.63. The molecule has 0 aliphatic heterocycles. The summed E-state index contributed by atoms with van der Waals surface area (Å²) < 4.78 is 33.5. The van der Waals surface area contributed by atoms with E-state index in [-0.39, 0.29) is 12.2 Å². The van der Waals surface area contributed by atoms with Gasteiger partial charge in [-0.25, -0.2) is 8.78 Å². The van der Waals surface area contributed by atoms with Crippen molar-refractivity contribution in [1.29, 1.82) is 0 Å². The topological polar surface area (TPSA) is 92.8 Å². The van der Waals surface area contributed by atoms with Crippen LogP contribution < -0.4 is 10.5 Å². The molecule has 1 atom stereocenters. The van der Waals surface area contributed by atoms with Crippen LogP contribution in [0.15, 0.2) is 24.3 Å². The molecule has 0 radical (unpaired) electrons. The summed E-state index contributed by atoms with van der Waals surface area (Å²) in [6.45, 7) is 0. The van der Waals surface area contributed by atoms with Crippen molar-refractivity contribution < 1.29 is 28.5 Å². The Bertz CT molecular complexity index is 755. The third-order valence-electron chi connectivity index (χ3n) is 3.04. The van der Waals surface area contributed by atoms with Gasteiger partial charge in [0.15, 0.2) is 23.1 Å². The van der Waals surface area contributed by atoms with Crippen LogP contribution >= 0.6 is 45.2 Å². The third-order valence-corrected chi connectivity index (χ3v) is 4.64. The predicted molar refractivity (Wildman–Crippen MR) is 99.3 cm³/mol. The minimum Gasteiger partial charge on any atom is -0.503 e. The van der Waals surface area contributed by atoms with Crippen LogP contribution in [-0.4, -0.2) is 22.2 Å². The molecule has 128 valence electrons. The Balaban J connectivity index is 2.30. The highest BCUT2D eigenvalue weighted by molar-refractivity contribution is 14.1. The second-order valence-electron chi connectivity index (χ2n) is 4.88. The van der Waals surface area contributed by atoms with E-state index in [0.29, 0.717) is 18.5 Å². The van der Waals surface area contributed by atoms with Crippen molar-refractivity contribution in [1.82, 2.24) is 0 Å². The maximum atomic E-state index is 13.4. The first-order valence-corrected chi connectivity index (χ1v) is 8.67. The molecule has 9 heteroatoms. The van der Waals surface area contributed by atoms with Crippen molar-refractivity contribution in [2.24, 2.45) is 5.73 Å². The highest BCUT2D eigenvalue weighted by Gasteiger charge is 2.17. The first-order chi connectivity index (χ1) is 11.2. The summed E-state index contributed by atoms with van der Waals surface area (Å²) in [6, 6.07) is 4.10. The Kier molecular flexibility index (Phi) is 6.20. The lowest BCUT2D eigenvalue weighted by atomic mass is 10.1. The molecular weight excluding hydrogens is 550 g/mol. The monoisotopic (exact) mass is 561 g/mol. The van der Waals surface area contributed by atoms with Gasteiger partial charge in [-0.15, -0.1) is 0 Å². The molecule has 0 saturated heterocycles. The molecule has 2 aromatic carbocycles. The molecule has 0 spiro atoms. The second kappa shape index (κ2) is 7.78. The van der Waals surface area contributed by atoms with E-state index in [0.717, 1.165) is 12.1 Å². The largest absolute Gasteiger partial charge is 0.503 e. The van der Waals surface area contributed by atoms with Gasteiger partial charge in [-0.3, -0.25) is 4.79 Å². The van der Waals surface area contributed by atoms with Gasteiger partial charge < -0.3 is 20.7 Å². The summed E-state index contributed by atoms with van der Waals surface area (Å²) in [5.41, 5.74) is 6.22. The number of benzene rings is 2. The molecule has 0 aliphatic carbocycles.